The SMILES string of the molecule is Cn1nnnc1C=Cc1ccc(Oc2c(-c3ccc(F)cc3)sc3cc(O)ccc23)cc1. The van der Waals surface area contributed by atoms with E-state index in [1.54, 1.807) is 36.0 Å². The fourth-order valence-corrected chi connectivity index (χ4v) is 4.44. The second kappa shape index (κ2) is 8.24. The first kappa shape index (κ1) is 19.9. The minimum absolute atomic E-state index is 0.185. The maximum Gasteiger partial charge on any atom is 0.174 e. The smallest absolute Gasteiger partial charge is 0.174 e. The van der Waals surface area contributed by atoms with Crippen LogP contribution in [0.15, 0.2) is 66.7 Å². The summed E-state index contributed by atoms with van der Waals surface area (Å²) in [4.78, 5) is 0.865. The number of hydrogen-bond acceptors (Lipinski definition) is 6. The van der Waals surface area contributed by atoms with E-state index in [2.05, 4.69) is 15.5 Å². The molecule has 0 spiro atoms. The lowest BCUT2D eigenvalue weighted by atomic mass is 10.1. The van der Waals surface area contributed by atoms with Gasteiger partial charge >= 0.3 is 0 Å². The Labute approximate surface area is 186 Å². The molecule has 158 valence electrons. The van der Waals surface area contributed by atoms with Crippen LogP contribution in [0.3, 0.4) is 0 Å². The van der Waals surface area contributed by atoms with Crippen LogP contribution >= 0.6 is 11.3 Å². The molecular formula is C24H17FN4O2S. The van der Waals surface area contributed by atoms with Gasteiger partial charge in [0.2, 0.25) is 0 Å². The van der Waals surface area contributed by atoms with Crippen LogP contribution in [0.4, 0.5) is 4.39 Å². The lowest BCUT2D eigenvalue weighted by molar-refractivity contribution is 0.476. The van der Waals surface area contributed by atoms with Crippen molar-refractivity contribution >= 4 is 33.6 Å². The average Bonchev–Trinajstić information content (AvgIpc) is 3.36. The predicted octanol–water partition coefficient (Wildman–Crippen LogP) is 5.90. The first-order valence-corrected chi connectivity index (χ1v) is 10.6. The molecule has 0 bridgehead atoms. The molecule has 3 aromatic carbocycles. The molecule has 0 aliphatic rings. The van der Waals surface area contributed by atoms with Crippen molar-refractivity contribution in [2.75, 3.05) is 0 Å². The van der Waals surface area contributed by atoms with Crippen molar-refractivity contribution in [1.29, 1.82) is 0 Å². The average molecular weight is 444 g/mol. The van der Waals surface area contributed by atoms with Crippen molar-refractivity contribution in [1.82, 2.24) is 20.2 Å². The van der Waals surface area contributed by atoms with Gasteiger partial charge in [-0.2, -0.15) is 0 Å². The third-order valence-corrected chi connectivity index (χ3v) is 6.10. The van der Waals surface area contributed by atoms with Crippen molar-refractivity contribution in [2.45, 2.75) is 0 Å². The molecule has 0 fully saturated rings. The second-order valence-electron chi connectivity index (χ2n) is 7.11. The standard InChI is InChI=1S/C24H17FN4O2S/c1-29-22(26-27-28-29)13-4-15-2-10-19(11-3-15)31-23-20-12-9-18(30)14-21(20)32-24(23)16-5-7-17(25)8-6-16/h2-14,30H,1H3. The van der Waals surface area contributed by atoms with Crippen LogP contribution in [0, 0.1) is 5.82 Å². The van der Waals surface area contributed by atoms with Crippen molar-refractivity contribution in [2.24, 2.45) is 7.05 Å². The van der Waals surface area contributed by atoms with Gasteiger partial charge in [0.1, 0.15) is 17.3 Å². The summed E-state index contributed by atoms with van der Waals surface area (Å²) in [5.74, 6) is 1.88. The molecule has 2 heterocycles. The zero-order valence-corrected chi connectivity index (χ0v) is 17.8. The maximum absolute atomic E-state index is 13.4. The highest BCUT2D eigenvalue weighted by molar-refractivity contribution is 7.22. The van der Waals surface area contributed by atoms with Gasteiger partial charge in [-0.05, 0) is 70.1 Å². The summed E-state index contributed by atoms with van der Waals surface area (Å²) >= 11 is 1.49. The largest absolute Gasteiger partial charge is 0.508 e. The first-order chi connectivity index (χ1) is 15.6. The van der Waals surface area contributed by atoms with Crippen LogP contribution in [-0.2, 0) is 7.05 Å². The number of hydrogen-bond donors (Lipinski definition) is 1. The molecule has 0 amide bonds. The van der Waals surface area contributed by atoms with E-state index >= 15 is 0 Å². The number of ether oxygens (including phenoxy) is 1. The topological polar surface area (TPSA) is 73.1 Å². The van der Waals surface area contributed by atoms with Crippen molar-refractivity contribution in [3.63, 3.8) is 0 Å². The van der Waals surface area contributed by atoms with Gasteiger partial charge < -0.3 is 9.84 Å². The molecule has 0 atom stereocenters. The van der Waals surface area contributed by atoms with E-state index < -0.39 is 0 Å². The molecule has 6 nitrogen and oxygen atoms in total. The van der Waals surface area contributed by atoms with Crippen molar-refractivity contribution in [3.05, 3.63) is 83.9 Å². The van der Waals surface area contributed by atoms with Crippen LogP contribution in [0.1, 0.15) is 11.4 Å². The van der Waals surface area contributed by atoms with Crippen LogP contribution < -0.4 is 4.74 Å². The predicted molar refractivity (Wildman–Crippen MR) is 123 cm³/mol. The third kappa shape index (κ3) is 3.95. The number of nitrogens with zero attached hydrogens (tertiary/aromatic N) is 4. The van der Waals surface area contributed by atoms with Gasteiger partial charge in [0.25, 0.3) is 0 Å². The summed E-state index contributed by atoms with van der Waals surface area (Å²) in [5.41, 5.74) is 1.82. The summed E-state index contributed by atoms with van der Waals surface area (Å²) in [6.45, 7) is 0. The fraction of sp³-hybridized carbons (Fsp3) is 0.0417. The number of benzene rings is 3. The summed E-state index contributed by atoms with van der Waals surface area (Å²) in [6.07, 6.45) is 3.75. The van der Waals surface area contributed by atoms with E-state index in [9.17, 15) is 9.50 Å². The highest BCUT2D eigenvalue weighted by atomic mass is 32.1. The molecule has 5 aromatic rings. The van der Waals surface area contributed by atoms with Crippen molar-refractivity contribution < 1.29 is 14.2 Å². The number of thiophene rings is 1. The third-order valence-electron chi connectivity index (χ3n) is 4.91. The summed E-state index contributed by atoms with van der Waals surface area (Å²) < 4.78 is 22.2. The Balaban J connectivity index is 1.48. The minimum Gasteiger partial charge on any atom is -0.508 e. The van der Waals surface area contributed by atoms with Crippen LogP contribution in [0.2, 0.25) is 0 Å². The Bertz CT molecular complexity index is 1420. The number of aromatic nitrogens is 4. The molecule has 2 aromatic heterocycles. The normalized spacial score (nSPS) is 11.4. The summed E-state index contributed by atoms with van der Waals surface area (Å²) in [5, 5.41) is 22.1. The molecule has 1 N–H and O–H groups in total. The second-order valence-corrected chi connectivity index (χ2v) is 8.16. The highest BCUT2D eigenvalue weighted by Gasteiger charge is 2.17. The molecule has 0 saturated heterocycles. The van der Waals surface area contributed by atoms with E-state index in [-0.39, 0.29) is 11.6 Å². The minimum atomic E-state index is -0.296. The molecule has 0 radical (unpaired) electrons. The quantitative estimate of drug-likeness (QED) is 0.365. The lowest BCUT2D eigenvalue weighted by Crippen LogP contribution is -1.93. The number of halogens is 1. The number of aromatic hydroxyl groups is 1. The van der Waals surface area contributed by atoms with Gasteiger partial charge in [-0.15, -0.1) is 16.4 Å². The number of phenols is 1. The number of phenolic OH excluding ortho intramolecular Hbond substituents is 1. The number of tetrazole rings is 1. The molecule has 0 saturated carbocycles. The maximum atomic E-state index is 13.4. The highest BCUT2D eigenvalue weighted by Crippen LogP contribution is 2.47. The van der Waals surface area contributed by atoms with E-state index in [1.165, 1.54) is 23.5 Å². The Hall–Kier alpha value is -4.04. The van der Waals surface area contributed by atoms with Gasteiger partial charge in [-0.3, -0.25) is 0 Å². The Morgan fingerprint density at radius 3 is 2.50 bits per heavy atom. The summed E-state index contributed by atoms with van der Waals surface area (Å²) in [7, 11) is 1.78. The van der Waals surface area contributed by atoms with Gasteiger partial charge in [0, 0.05) is 17.1 Å². The van der Waals surface area contributed by atoms with Gasteiger partial charge in [0.05, 0.1) is 4.88 Å². The van der Waals surface area contributed by atoms with E-state index in [1.807, 2.05) is 42.5 Å². The molecule has 0 unspecified atom stereocenters. The Kier molecular flexibility index (Phi) is 5.12. The van der Waals surface area contributed by atoms with E-state index in [0.717, 1.165) is 26.1 Å². The summed E-state index contributed by atoms with van der Waals surface area (Å²) in [6, 6.07) is 19.1. The molecule has 8 heteroatoms. The Morgan fingerprint density at radius 2 is 1.78 bits per heavy atom. The molecule has 0 aliphatic heterocycles. The molecule has 32 heavy (non-hydrogen) atoms. The van der Waals surface area contributed by atoms with Gasteiger partial charge in [-0.1, -0.05) is 30.3 Å². The fourth-order valence-electron chi connectivity index (χ4n) is 3.27. The van der Waals surface area contributed by atoms with Crippen LogP contribution in [0.25, 0.3) is 32.7 Å². The molecular weight excluding hydrogens is 427 g/mol. The number of aryl methyl sites for hydroxylation is 1. The number of rotatable bonds is 5. The van der Waals surface area contributed by atoms with Gasteiger partial charge in [0.15, 0.2) is 11.6 Å². The van der Waals surface area contributed by atoms with Crippen molar-refractivity contribution in [3.8, 4) is 27.7 Å². The Morgan fingerprint density at radius 1 is 1.00 bits per heavy atom. The first-order valence-electron chi connectivity index (χ1n) is 9.76. The van der Waals surface area contributed by atoms with E-state index in [0.29, 0.717) is 17.3 Å². The van der Waals surface area contributed by atoms with Crippen LogP contribution in [-0.4, -0.2) is 25.3 Å². The zero-order chi connectivity index (χ0) is 22.1. The number of fused-ring (bicyclic) bond motifs is 1. The molecule has 0 aliphatic carbocycles. The zero-order valence-electron chi connectivity index (χ0n) is 16.9. The van der Waals surface area contributed by atoms with Gasteiger partial charge in [-0.25, -0.2) is 9.07 Å². The van der Waals surface area contributed by atoms with E-state index in [4.69, 9.17) is 4.74 Å². The monoisotopic (exact) mass is 444 g/mol. The molecule has 5 rings (SSSR count). The van der Waals surface area contributed by atoms with Crippen LogP contribution in [0.5, 0.6) is 17.2 Å². The lowest BCUT2D eigenvalue weighted by Gasteiger charge is -2.09.